The van der Waals surface area contributed by atoms with E-state index in [0.717, 1.165) is 24.6 Å². The van der Waals surface area contributed by atoms with Gasteiger partial charge in [-0.15, -0.1) is 10.2 Å². The number of hydrogen-bond acceptors (Lipinski definition) is 6. The lowest BCUT2D eigenvalue weighted by atomic mass is 10.0. The van der Waals surface area contributed by atoms with E-state index in [1.165, 1.54) is 19.1 Å². The average Bonchev–Trinajstić information content (AvgIpc) is 3.38. The summed E-state index contributed by atoms with van der Waals surface area (Å²) in [5.74, 6) is 5.30. The van der Waals surface area contributed by atoms with Crippen LogP contribution in [-0.2, 0) is 17.5 Å². The molecule has 1 aromatic heterocycles. The molecule has 8 nitrogen and oxygen atoms in total. The van der Waals surface area contributed by atoms with Crippen LogP contribution in [0.3, 0.4) is 0 Å². The molecule has 2 amide bonds. The summed E-state index contributed by atoms with van der Waals surface area (Å²) in [4.78, 5) is 28.2. The van der Waals surface area contributed by atoms with Crippen LogP contribution in [0.5, 0.6) is 0 Å². The lowest BCUT2D eigenvalue weighted by Crippen LogP contribution is -2.31. The molecule has 1 atom stereocenters. The van der Waals surface area contributed by atoms with Crippen molar-refractivity contribution >= 4 is 23.3 Å². The molecule has 0 bridgehead atoms. The number of benzene rings is 2. The van der Waals surface area contributed by atoms with Gasteiger partial charge in [0.1, 0.15) is 5.69 Å². The quantitative estimate of drug-likeness (QED) is 0.427. The van der Waals surface area contributed by atoms with Crippen LogP contribution < -0.4 is 10.6 Å². The van der Waals surface area contributed by atoms with Crippen molar-refractivity contribution in [1.29, 1.82) is 0 Å². The van der Waals surface area contributed by atoms with E-state index in [0.29, 0.717) is 29.7 Å². The molecule has 0 radical (unpaired) electrons. The Hall–Kier alpha value is -4.27. The zero-order valence-electron chi connectivity index (χ0n) is 23.3. The van der Waals surface area contributed by atoms with Crippen molar-refractivity contribution in [2.24, 2.45) is 0 Å². The van der Waals surface area contributed by atoms with Crippen LogP contribution in [0, 0.1) is 18.8 Å². The smallest absolute Gasteiger partial charge is 0.322 e. The number of carbonyl (C=O) groups excluding carboxylic acids is 2. The zero-order chi connectivity index (χ0) is 29.7. The molecule has 1 aliphatic heterocycles. The fourth-order valence-electron chi connectivity index (χ4n) is 4.55. The number of aromatic nitrogens is 2. The Morgan fingerprint density at radius 2 is 1.83 bits per heavy atom. The van der Waals surface area contributed by atoms with E-state index in [-0.39, 0.29) is 29.3 Å². The standard InChI is InChI=1S/C30H31F3N6O2/c1-19-5-6-22(15-21(19)7-9-24-11-12-28(37-36-24)34-20(2)40)29(41)35-25-10-8-23(27(16-25)30(31,32)33)17-39-14-13-26(18-39)38(3)4/h5-6,8,10-12,15-16,26H,13-14,17-18H2,1-4H3,(H,35,41)(H,34,37,40). The molecular weight excluding hydrogens is 533 g/mol. The average molecular weight is 565 g/mol. The molecule has 1 aliphatic rings. The molecule has 41 heavy (non-hydrogen) atoms. The van der Waals surface area contributed by atoms with Crippen molar-refractivity contribution in [1.82, 2.24) is 20.0 Å². The predicted octanol–water partition coefficient (Wildman–Crippen LogP) is 4.55. The molecule has 11 heteroatoms. The number of nitrogens with zero attached hydrogens (tertiary/aromatic N) is 4. The van der Waals surface area contributed by atoms with Gasteiger partial charge < -0.3 is 15.5 Å². The number of halogens is 3. The largest absolute Gasteiger partial charge is 0.416 e. The maximum absolute atomic E-state index is 14.0. The minimum atomic E-state index is -4.56. The lowest BCUT2D eigenvalue weighted by molar-refractivity contribution is -0.138. The summed E-state index contributed by atoms with van der Waals surface area (Å²) < 4.78 is 42.0. The summed E-state index contributed by atoms with van der Waals surface area (Å²) in [5.41, 5.74) is 1.44. The van der Waals surface area contributed by atoms with Crippen molar-refractivity contribution < 1.29 is 22.8 Å². The zero-order valence-corrected chi connectivity index (χ0v) is 23.3. The van der Waals surface area contributed by atoms with E-state index in [4.69, 9.17) is 0 Å². The summed E-state index contributed by atoms with van der Waals surface area (Å²) in [6.07, 6.45) is -3.66. The van der Waals surface area contributed by atoms with Crippen molar-refractivity contribution in [2.45, 2.75) is 39.0 Å². The maximum Gasteiger partial charge on any atom is 0.416 e. The van der Waals surface area contributed by atoms with Gasteiger partial charge in [0.2, 0.25) is 5.91 Å². The molecule has 4 rings (SSSR count). The first kappa shape index (κ1) is 29.7. The third-order valence-electron chi connectivity index (χ3n) is 6.84. The van der Waals surface area contributed by atoms with Gasteiger partial charge in [-0.3, -0.25) is 14.5 Å². The summed E-state index contributed by atoms with van der Waals surface area (Å²) in [7, 11) is 3.94. The van der Waals surface area contributed by atoms with Crippen LogP contribution in [0.2, 0.25) is 0 Å². The van der Waals surface area contributed by atoms with Crippen LogP contribution in [-0.4, -0.2) is 65.0 Å². The monoisotopic (exact) mass is 564 g/mol. The van der Waals surface area contributed by atoms with Gasteiger partial charge >= 0.3 is 6.18 Å². The second-order valence-electron chi connectivity index (χ2n) is 10.2. The SMILES string of the molecule is CC(=O)Nc1ccc(C#Cc2cc(C(=O)Nc3ccc(CN4CCC(N(C)C)C4)c(C(F)(F)F)c3)ccc2C)nn1. The number of amides is 2. The highest BCUT2D eigenvalue weighted by Crippen LogP contribution is 2.35. The van der Waals surface area contributed by atoms with Gasteiger partial charge in [-0.2, -0.15) is 13.2 Å². The Bertz CT molecular complexity index is 1490. The lowest BCUT2D eigenvalue weighted by Gasteiger charge is -2.22. The van der Waals surface area contributed by atoms with E-state index in [1.807, 2.05) is 25.9 Å². The Balaban J connectivity index is 1.49. The Morgan fingerprint density at radius 1 is 1.05 bits per heavy atom. The number of likely N-dealkylation sites (N-methyl/N-ethyl adjacent to an activating group) is 1. The highest BCUT2D eigenvalue weighted by Gasteiger charge is 2.35. The summed E-state index contributed by atoms with van der Waals surface area (Å²) in [5, 5.41) is 12.9. The number of carbonyl (C=O) groups is 2. The van der Waals surface area contributed by atoms with Crippen LogP contribution in [0.25, 0.3) is 0 Å². The molecule has 1 fully saturated rings. The van der Waals surface area contributed by atoms with E-state index in [2.05, 4.69) is 37.6 Å². The molecule has 2 N–H and O–H groups in total. The van der Waals surface area contributed by atoms with Crippen molar-refractivity contribution in [3.05, 3.63) is 82.0 Å². The molecule has 3 aromatic rings. The van der Waals surface area contributed by atoms with Crippen LogP contribution in [0.15, 0.2) is 48.5 Å². The van der Waals surface area contributed by atoms with Gasteiger partial charge in [0.15, 0.2) is 5.82 Å². The van der Waals surface area contributed by atoms with E-state index < -0.39 is 17.6 Å². The predicted molar refractivity (Wildman–Crippen MR) is 150 cm³/mol. The summed E-state index contributed by atoms with van der Waals surface area (Å²) in [6.45, 7) is 4.81. The first-order chi connectivity index (χ1) is 19.4. The molecule has 0 saturated carbocycles. The highest BCUT2D eigenvalue weighted by molar-refractivity contribution is 6.04. The van der Waals surface area contributed by atoms with Crippen LogP contribution in [0.4, 0.5) is 24.7 Å². The second-order valence-corrected chi connectivity index (χ2v) is 10.2. The number of rotatable bonds is 6. The summed E-state index contributed by atoms with van der Waals surface area (Å²) in [6, 6.07) is 12.3. The molecule has 2 heterocycles. The fourth-order valence-corrected chi connectivity index (χ4v) is 4.55. The fraction of sp³-hybridized carbons (Fsp3) is 0.333. The number of alkyl halides is 3. The molecular formula is C30H31F3N6O2. The van der Waals surface area contributed by atoms with Crippen molar-refractivity contribution in [3.8, 4) is 11.8 Å². The van der Waals surface area contributed by atoms with Crippen LogP contribution >= 0.6 is 0 Å². The van der Waals surface area contributed by atoms with E-state index in [1.54, 1.807) is 30.3 Å². The minimum absolute atomic E-state index is 0.0569. The summed E-state index contributed by atoms with van der Waals surface area (Å²) >= 11 is 0. The van der Waals surface area contributed by atoms with Gasteiger partial charge in [0.25, 0.3) is 5.91 Å². The first-order valence-electron chi connectivity index (χ1n) is 13.0. The second kappa shape index (κ2) is 12.5. The third-order valence-corrected chi connectivity index (χ3v) is 6.84. The number of hydrogen-bond donors (Lipinski definition) is 2. The Morgan fingerprint density at radius 3 is 2.46 bits per heavy atom. The molecule has 1 saturated heterocycles. The topological polar surface area (TPSA) is 90.5 Å². The number of aryl methyl sites for hydroxylation is 1. The van der Waals surface area contributed by atoms with Gasteiger partial charge in [-0.1, -0.05) is 18.1 Å². The molecule has 0 aliphatic carbocycles. The van der Waals surface area contributed by atoms with Gasteiger partial charge in [-0.25, -0.2) is 0 Å². The number of nitrogens with one attached hydrogen (secondary N) is 2. The Labute approximate surface area is 236 Å². The maximum atomic E-state index is 14.0. The normalized spacial score (nSPS) is 15.4. The Kier molecular flexibility index (Phi) is 9.05. The van der Waals surface area contributed by atoms with Crippen molar-refractivity contribution in [2.75, 3.05) is 37.8 Å². The van der Waals surface area contributed by atoms with Crippen LogP contribution in [0.1, 0.15) is 51.7 Å². The van der Waals surface area contributed by atoms with Gasteiger partial charge in [-0.05, 0) is 80.9 Å². The minimum Gasteiger partial charge on any atom is -0.322 e. The number of likely N-dealkylation sites (tertiary alicyclic amines) is 1. The third kappa shape index (κ3) is 7.90. The number of anilines is 2. The highest BCUT2D eigenvalue weighted by atomic mass is 19.4. The molecule has 0 spiro atoms. The van der Waals surface area contributed by atoms with Gasteiger partial charge in [0, 0.05) is 49.4 Å². The first-order valence-corrected chi connectivity index (χ1v) is 13.0. The van der Waals surface area contributed by atoms with Crippen molar-refractivity contribution in [3.63, 3.8) is 0 Å². The van der Waals surface area contributed by atoms with E-state index in [9.17, 15) is 22.8 Å². The van der Waals surface area contributed by atoms with E-state index >= 15 is 0 Å². The molecule has 2 aromatic carbocycles. The molecule has 214 valence electrons. The van der Waals surface area contributed by atoms with Gasteiger partial charge in [0.05, 0.1) is 5.56 Å². The molecule has 1 unspecified atom stereocenters.